The van der Waals surface area contributed by atoms with Crippen LogP contribution in [-0.2, 0) is 0 Å². The molecule has 1 heterocycles. The molecule has 1 fully saturated rings. The average molecular weight is 270 g/mol. The number of carbonyl (C=O) groups is 1. The van der Waals surface area contributed by atoms with Crippen molar-refractivity contribution in [2.75, 3.05) is 0 Å². The van der Waals surface area contributed by atoms with Gasteiger partial charge in [0.2, 0.25) is 0 Å². The first-order valence-electron chi connectivity index (χ1n) is 5.08. The summed E-state index contributed by atoms with van der Waals surface area (Å²) >= 11 is 3.35. The summed E-state index contributed by atoms with van der Waals surface area (Å²) in [6.07, 6.45) is 4.90. The molecule has 1 aliphatic rings. The van der Waals surface area contributed by atoms with Gasteiger partial charge in [-0.05, 0) is 46.3 Å². The van der Waals surface area contributed by atoms with Gasteiger partial charge in [0.1, 0.15) is 10.3 Å². The highest BCUT2D eigenvalue weighted by Crippen LogP contribution is 2.36. The van der Waals surface area contributed by atoms with Crippen LogP contribution >= 0.6 is 15.9 Å². The first-order chi connectivity index (χ1) is 7.18. The lowest BCUT2D eigenvalue weighted by Gasteiger charge is -2.11. The highest BCUT2D eigenvalue weighted by Gasteiger charge is 2.20. The van der Waals surface area contributed by atoms with E-state index in [2.05, 4.69) is 20.9 Å². The van der Waals surface area contributed by atoms with Crippen molar-refractivity contribution in [2.45, 2.75) is 31.6 Å². The van der Waals surface area contributed by atoms with Gasteiger partial charge in [-0.15, -0.1) is 0 Å². The van der Waals surface area contributed by atoms with Gasteiger partial charge in [-0.3, -0.25) is 0 Å². The second kappa shape index (κ2) is 4.31. The van der Waals surface area contributed by atoms with Gasteiger partial charge in [-0.2, -0.15) is 0 Å². The lowest BCUT2D eigenvalue weighted by Crippen LogP contribution is -2.03. The topological polar surface area (TPSA) is 50.2 Å². The number of nitrogens with zero attached hydrogens (tertiary/aromatic N) is 1. The first-order valence-corrected chi connectivity index (χ1v) is 5.87. The summed E-state index contributed by atoms with van der Waals surface area (Å²) in [6.45, 7) is 0. The van der Waals surface area contributed by atoms with Crippen molar-refractivity contribution in [1.29, 1.82) is 0 Å². The Hall–Kier alpha value is -0.900. The summed E-state index contributed by atoms with van der Waals surface area (Å²) in [5.74, 6) is -0.427. The minimum Gasteiger partial charge on any atom is -0.477 e. The van der Waals surface area contributed by atoms with E-state index in [1.807, 2.05) is 6.07 Å². The highest BCUT2D eigenvalue weighted by atomic mass is 79.9. The Bertz CT molecular complexity index is 386. The van der Waals surface area contributed by atoms with Crippen molar-refractivity contribution in [3.63, 3.8) is 0 Å². The summed E-state index contributed by atoms with van der Waals surface area (Å²) in [5.41, 5.74) is 1.25. The summed E-state index contributed by atoms with van der Waals surface area (Å²) in [5, 5.41) is 8.78. The van der Waals surface area contributed by atoms with Crippen LogP contribution in [0.25, 0.3) is 0 Å². The molecule has 1 aromatic rings. The number of pyridine rings is 1. The van der Waals surface area contributed by atoms with Crippen LogP contribution in [-0.4, -0.2) is 16.1 Å². The number of hydrogen-bond acceptors (Lipinski definition) is 2. The molecule has 1 aliphatic carbocycles. The monoisotopic (exact) mass is 269 g/mol. The van der Waals surface area contributed by atoms with E-state index in [-0.39, 0.29) is 5.69 Å². The van der Waals surface area contributed by atoms with E-state index >= 15 is 0 Å². The smallest absolute Gasteiger partial charge is 0.354 e. The number of rotatable bonds is 2. The van der Waals surface area contributed by atoms with Crippen molar-refractivity contribution in [1.82, 2.24) is 4.98 Å². The molecular weight excluding hydrogens is 258 g/mol. The van der Waals surface area contributed by atoms with Crippen LogP contribution < -0.4 is 0 Å². The minimum atomic E-state index is -0.978. The van der Waals surface area contributed by atoms with Crippen LogP contribution in [0.4, 0.5) is 0 Å². The Balaban J connectivity index is 2.29. The quantitative estimate of drug-likeness (QED) is 0.839. The second-order valence-electron chi connectivity index (χ2n) is 3.86. The number of aromatic nitrogens is 1. The third-order valence-electron chi connectivity index (χ3n) is 2.89. The molecule has 1 N–H and O–H groups in total. The third kappa shape index (κ3) is 2.20. The molecular formula is C11H12BrNO2. The fraction of sp³-hybridized carbons (Fsp3) is 0.455. The first kappa shape index (κ1) is 10.6. The van der Waals surface area contributed by atoms with Crippen LogP contribution in [0, 0.1) is 0 Å². The van der Waals surface area contributed by atoms with E-state index in [1.165, 1.54) is 25.7 Å². The van der Waals surface area contributed by atoms with Crippen molar-refractivity contribution < 1.29 is 9.90 Å². The van der Waals surface area contributed by atoms with Crippen LogP contribution in [0.3, 0.4) is 0 Å². The Kier molecular flexibility index (Phi) is 3.05. The molecule has 0 aromatic carbocycles. The van der Waals surface area contributed by atoms with Gasteiger partial charge in [0, 0.05) is 0 Å². The van der Waals surface area contributed by atoms with Gasteiger partial charge in [0.05, 0.1) is 0 Å². The summed E-state index contributed by atoms with van der Waals surface area (Å²) in [6, 6.07) is 3.47. The van der Waals surface area contributed by atoms with Crippen molar-refractivity contribution >= 4 is 21.9 Å². The molecule has 0 bridgehead atoms. The molecule has 0 aliphatic heterocycles. The predicted octanol–water partition coefficient (Wildman–Crippen LogP) is 3.20. The zero-order chi connectivity index (χ0) is 10.8. The zero-order valence-electron chi connectivity index (χ0n) is 8.24. The highest BCUT2D eigenvalue weighted by molar-refractivity contribution is 9.10. The van der Waals surface area contributed by atoms with E-state index in [4.69, 9.17) is 5.11 Å². The van der Waals surface area contributed by atoms with Gasteiger partial charge >= 0.3 is 5.97 Å². The SMILES string of the molecule is O=C(O)c1ccc(C2CCCC2)c(Br)n1. The maximum atomic E-state index is 10.7. The number of carboxylic acid groups (broad SMARTS) is 1. The van der Waals surface area contributed by atoms with Crippen molar-refractivity contribution in [3.8, 4) is 0 Å². The van der Waals surface area contributed by atoms with E-state index in [0.717, 1.165) is 5.56 Å². The molecule has 2 rings (SSSR count). The lowest BCUT2D eigenvalue weighted by molar-refractivity contribution is 0.0690. The number of hydrogen-bond donors (Lipinski definition) is 1. The Labute approximate surface area is 96.7 Å². The van der Waals surface area contributed by atoms with Crippen molar-refractivity contribution in [2.24, 2.45) is 0 Å². The maximum absolute atomic E-state index is 10.7. The molecule has 0 amide bonds. The average Bonchev–Trinajstić information content (AvgIpc) is 2.70. The molecule has 3 nitrogen and oxygen atoms in total. The molecule has 1 saturated carbocycles. The lowest BCUT2D eigenvalue weighted by atomic mass is 9.99. The molecule has 15 heavy (non-hydrogen) atoms. The molecule has 1 aromatic heterocycles. The zero-order valence-corrected chi connectivity index (χ0v) is 9.83. The van der Waals surface area contributed by atoms with Crippen molar-refractivity contribution in [3.05, 3.63) is 28.0 Å². The molecule has 0 spiro atoms. The fourth-order valence-corrected chi connectivity index (χ4v) is 2.75. The van der Waals surface area contributed by atoms with Crippen LogP contribution in [0.1, 0.15) is 47.7 Å². The van der Waals surface area contributed by atoms with E-state index in [1.54, 1.807) is 6.07 Å². The Morgan fingerprint density at radius 1 is 1.40 bits per heavy atom. The van der Waals surface area contributed by atoms with Gasteiger partial charge in [0.25, 0.3) is 0 Å². The molecule has 4 heteroatoms. The van der Waals surface area contributed by atoms with E-state index in [9.17, 15) is 4.79 Å². The summed E-state index contributed by atoms with van der Waals surface area (Å²) in [7, 11) is 0. The fourth-order valence-electron chi connectivity index (χ4n) is 2.11. The van der Waals surface area contributed by atoms with Crippen LogP contribution in [0.15, 0.2) is 16.7 Å². The summed E-state index contributed by atoms with van der Waals surface area (Å²) in [4.78, 5) is 14.7. The second-order valence-corrected chi connectivity index (χ2v) is 4.61. The number of halogens is 1. The Morgan fingerprint density at radius 2 is 2.07 bits per heavy atom. The molecule has 0 radical (unpaired) electrons. The van der Waals surface area contributed by atoms with Gasteiger partial charge in [-0.1, -0.05) is 18.9 Å². The molecule has 0 saturated heterocycles. The van der Waals surface area contributed by atoms with Gasteiger partial charge < -0.3 is 5.11 Å². The predicted molar refractivity (Wildman–Crippen MR) is 60.1 cm³/mol. The maximum Gasteiger partial charge on any atom is 0.354 e. The van der Waals surface area contributed by atoms with E-state index in [0.29, 0.717) is 10.5 Å². The summed E-state index contributed by atoms with van der Waals surface area (Å²) < 4.78 is 0.689. The van der Waals surface area contributed by atoms with E-state index < -0.39 is 5.97 Å². The van der Waals surface area contributed by atoms with Gasteiger partial charge in [-0.25, -0.2) is 9.78 Å². The standard InChI is InChI=1S/C11H12BrNO2/c12-10-8(7-3-1-2-4-7)5-6-9(13-10)11(14)15/h5-7H,1-4H2,(H,14,15). The van der Waals surface area contributed by atoms with Gasteiger partial charge in [0.15, 0.2) is 0 Å². The number of aromatic carboxylic acids is 1. The third-order valence-corrected chi connectivity index (χ3v) is 3.53. The Morgan fingerprint density at radius 3 is 2.60 bits per heavy atom. The molecule has 0 atom stereocenters. The normalized spacial score (nSPS) is 16.9. The number of carboxylic acids is 1. The van der Waals surface area contributed by atoms with Crippen LogP contribution in [0.5, 0.6) is 0 Å². The molecule has 0 unspecified atom stereocenters. The minimum absolute atomic E-state index is 0.101. The molecule has 80 valence electrons. The largest absolute Gasteiger partial charge is 0.477 e. The van der Waals surface area contributed by atoms with Crippen LogP contribution in [0.2, 0.25) is 0 Å².